The van der Waals surface area contributed by atoms with Crippen molar-refractivity contribution in [3.63, 3.8) is 0 Å². The van der Waals surface area contributed by atoms with E-state index in [4.69, 9.17) is 18.6 Å². The summed E-state index contributed by atoms with van der Waals surface area (Å²) in [5, 5.41) is 14.3. The van der Waals surface area contributed by atoms with Gasteiger partial charge in [-0.25, -0.2) is 0 Å². The highest BCUT2D eigenvalue weighted by atomic mass is 79.9. The highest BCUT2D eigenvalue weighted by molar-refractivity contribution is 9.09. The molecule has 4 rings (SSSR count). The summed E-state index contributed by atoms with van der Waals surface area (Å²) in [5.74, 6) is 0.963. The first-order chi connectivity index (χ1) is 23.2. The van der Waals surface area contributed by atoms with Crippen LogP contribution < -0.4 is 15.1 Å². The minimum atomic E-state index is -2.91. The van der Waals surface area contributed by atoms with Crippen molar-refractivity contribution in [3.05, 3.63) is 115 Å². The van der Waals surface area contributed by atoms with E-state index < -0.39 is 26.1 Å². The molecule has 3 aromatic carbocycles. The number of methoxy groups -OCH3 is 1. The first kappa shape index (κ1) is 39.3. The maximum atomic E-state index is 12.2. The van der Waals surface area contributed by atoms with Gasteiger partial charge in [0, 0.05) is 4.83 Å². The van der Waals surface area contributed by atoms with Gasteiger partial charge in [-0.1, -0.05) is 136 Å². The number of aliphatic hydroxyl groups is 1. The Morgan fingerprint density at radius 3 is 2.06 bits per heavy atom. The lowest BCUT2D eigenvalue weighted by Gasteiger charge is -2.54. The number of ether oxygens (including phenoxy) is 3. The van der Waals surface area contributed by atoms with Crippen LogP contribution in [0.1, 0.15) is 66.4 Å². The standard InChI is InChI=1S/C42H57BrO5Si/c1-10-17-37-41(6,7)38(43)26-27-42(37,8)48-39(31(2)28-46-29-32-22-24-33(45-9)25-23-32)36(44)30-47-49(40(3,4)5,34-18-13-11-14-19-34)35-20-15-12-16-21-35/h10-16,18-25,36-39,44H,1-2,17,26-30H2,3-9H3/t36?,37-,38-,39+,42-/m0/s1. The van der Waals surface area contributed by atoms with Crippen LogP contribution in [0.2, 0.25) is 5.04 Å². The van der Waals surface area contributed by atoms with E-state index in [1.54, 1.807) is 7.11 Å². The quantitative estimate of drug-likeness (QED) is 0.0904. The van der Waals surface area contributed by atoms with E-state index in [0.29, 0.717) is 17.0 Å². The summed E-state index contributed by atoms with van der Waals surface area (Å²) in [7, 11) is -1.25. The van der Waals surface area contributed by atoms with E-state index in [0.717, 1.165) is 40.9 Å². The molecule has 1 saturated carbocycles. The number of alkyl halides is 1. The van der Waals surface area contributed by atoms with Crippen LogP contribution >= 0.6 is 15.9 Å². The predicted octanol–water partition coefficient (Wildman–Crippen LogP) is 8.63. The smallest absolute Gasteiger partial charge is 0.261 e. The number of aliphatic hydroxyl groups excluding tert-OH is 1. The summed E-state index contributed by atoms with van der Waals surface area (Å²) in [6, 6.07) is 28.8. The van der Waals surface area contributed by atoms with Crippen LogP contribution in [0.3, 0.4) is 0 Å². The number of hydrogen-bond acceptors (Lipinski definition) is 5. The van der Waals surface area contributed by atoms with Gasteiger partial charge in [0.15, 0.2) is 0 Å². The Labute approximate surface area is 305 Å². The van der Waals surface area contributed by atoms with Crippen LogP contribution in [-0.4, -0.2) is 56.4 Å². The molecule has 7 heteroatoms. The van der Waals surface area contributed by atoms with Crippen molar-refractivity contribution in [1.29, 1.82) is 0 Å². The van der Waals surface area contributed by atoms with Gasteiger partial charge in [0.1, 0.15) is 18.0 Å². The molecular formula is C42H57BrO5Si. The number of halogens is 1. The average Bonchev–Trinajstić information content (AvgIpc) is 3.08. The fourth-order valence-corrected chi connectivity index (χ4v) is 12.8. The van der Waals surface area contributed by atoms with E-state index in [-0.39, 0.29) is 29.6 Å². The van der Waals surface area contributed by atoms with Crippen LogP contribution in [0.15, 0.2) is 110 Å². The van der Waals surface area contributed by atoms with Gasteiger partial charge in [0.25, 0.3) is 8.32 Å². The minimum absolute atomic E-state index is 0.0612. The molecule has 1 aliphatic carbocycles. The molecule has 0 heterocycles. The van der Waals surface area contributed by atoms with Crippen molar-refractivity contribution in [2.45, 2.75) is 95.1 Å². The van der Waals surface area contributed by atoms with E-state index in [9.17, 15) is 5.11 Å². The van der Waals surface area contributed by atoms with Crippen molar-refractivity contribution < 1.29 is 23.7 Å². The maximum Gasteiger partial charge on any atom is 0.261 e. The maximum absolute atomic E-state index is 12.2. The summed E-state index contributed by atoms with van der Waals surface area (Å²) in [5.41, 5.74) is 1.11. The lowest BCUT2D eigenvalue weighted by Crippen LogP contribution is -2.67. The van der Waals surface area contributed by atoms with Gasteiger partial charge in [0.05, 0.1) is 32.5 Å². The fourth-order valence-electron chi connectivity index (χ4n) is 7.71. The summed E-state index contributed by atoms with van der Waals surface area (Å²) >= 11 is 3.97. The van der Waals surface area contributed by atoms with Crippen LogP contribution in [-0.2, 0) is 20.5 Å². The molecule has 266 valence electrons. The van der Waals surface area contributed by atoms with Gasteiger partial charge in [-0.05, 0) is 76.2 Å². The molecule has 0 bridgehead atoms. The summed E-state index contributed by atoms with van der Waals surface area (Å²) in [4.78, 5) is 0.347. The molecule has 0 radical (unpaired) electrons. The Morgan fingerprint density at radius 2 is 1.55 bits per heavy atom. The molecule has 5 nitrogen and oxygen atoms in total. The van der Waals surface area contributed by atoms with Crippen LogP contribution in [0.25, 0.3) is 0 Å². The van der Waals surface area contributed by atoms with Crippen molar-refractivity contribution in [2.75, 3.05) is 20.3 Å². The summed E-state index contributed by atoms with van der Waals surface area (Å²) in [6.07, 6.45) is 2.89. The zero-order valence-electron chi connectivity index (χ0n) is 30.6. The van der Waals surface area contributed by atoms with Gasteiger partial charge >= 0.3 is 0 Å². The van der Waals surface area contributed by atoms with E-state index >= 15 is 0 Å². The highest BCUT2D eigenvalue weighted by Gasteiger charge is 2.53. The molecule has 0 saturated heterocycles. The first-order valence-electron chi connectivity index (χ1n) is 17.4. The lowest BCUT2D eigenvalue weighted by atomic mass is 9.60. The fraction of sp³-hybridized carbons (Fsp3) is 0.476. The van der Waals surface area contributed by atoms with Gasteiger partial charge in [-0.3, -0.25) is 0 Å². The van der Waals surface area contributed by atoms with Crippen LogP contribution in [0, 0.1) is 11.3 Å². The van der Waals surface area contributed by atoms with E-state index in [1.807, 2.05) is 42.5 Å². The van der Waals surface area contributed by atoms with Crippen molar-refractivity contribution in [3.8, 4) is 5.75 Å². The second-order valence-electron chi connectivity index (χ2n) is 15.3. The normalized spacial score (nSPS) is 22.2. The first-order valence-corrected chi connectivity index (χ1v) is 20.3. The predicted molar refractivity (Wildman–Crippen MR) is 209 cm³/mol. The Balaban J connectivity index is 1.66. The summed E-state index contributed by atoms with van der Waals surface area (Å²) in [6.45, 7) is 22.8. The van der Waals surface area contributed by atoms with Crippen LogP contribution in [0.4, 0.5) is 0 Å². The molecule has 1 unspecified atom stereocenters. The molecule has 0 aliphatic heterocycles. The van der Waals surface area contributed by atoms with Crippen LogP contribution in [0.5, 0.6) is 5.75 Å². The monoisotopic (exact) mass is 748 g/mol. The van der Waals surface area contributed by atoms with Crippen molar-refractivity contribution in [2.24, 2.45) is 11.3 Å². The Morgan fingerprint density at radius 1 is 0.980 bits per heavy atom. The van der Waals surface area contributed by atoms with E-state index in [1.165, 1.54) is 0 Å². The molecule has 5 atom stereocenters. The number of benzene rings is 3. The molecule has 0 spiro atoms. The second-order valence-corrected chi connectivity index (χ2v) is 20.7. The third kappa shape index (κ3) is 8.86. The van der Waals surface area contributed by atoms with Crippen molar-refractivity contribution >= 4 is 34.6 Å². The van der Waals surface area contributed by atoms with Gasteiger partial charge in [-0.15, -0.1) is 6.58 Å². The Kier molecular flexibility index (Phi) is 13.4. The Hall–Kier alpha value is -2.52. The zero-order chi connectivity index (χ0) is 35.9. The topological polar surface area (TPSA) is 57.2 Å². The molecule has 0 amide bonds. The summed E-state index contributed by atoms with van der Waals surface area (Å²) < 4.78 is 25.9. The number of hydrogen-bond donors (Lipinski definition) is 1. The highest BCUT2D eigenvalue weighted by Crippen LogP contribution is 2.53. The molecule has 3 aromatic rings. The molecule has 1 aliphatic rings. The zero-order valence-corrected chi connectivity index (χ0v) is 33.2. The van der Waals surface area contributed by atoms with Gasteiger partial charge in [-0.2, -0.15) is 0 Å². The van der Waals surface area contributed by atoms with E-state index in [2.05, 4.69) is 119 Å². The van der Waals surface area contributed by atoms with Crippen molar-refractivity contribution in [1.82, 2.24) is 0 Å². The third-order valence-electron chi connectivity index (χ3n) is 10.5. The minimum Gasteiger partial charge on any atom is -0.497 e. The number of allylic oxidation sites excluding steroid dienone is 1. The molecule has 1 fully saturated rings. The second kappa shape index (κ2) is 16.7. The molecule has 1 N–H and O–H groups in total. The lowest BCUT2D eigenvalue weighted by molar-refractivity contribution is -0.180. The number of rotatable bonds is 16. The molecular weight excluding hydrogens is 692 g/mol. The molecule has 49 heavy (non-hydrogen) atoms. The Bertz CT molecular complexity index is 1450. The largest absolute Gasteiger partial charge is 0.497 e. The molecule has 0 aromatic heterocycles. The average molecular weight is 750 g/mol. The third-order valence-corrected chi connectivity index (χ3v) is 17.1. The SMILES string of the molecule is C=CC[C@H]1C(C)(C)[C@@H](Br)CC[C@]1(C)O[C@H](C(=C)COCc1ccc(OC)cc1)C(O)CO[Si](c1ccccc1)(c1ccccc1)C(C)(C)C. The van der Waals surface area contributed by atoms with Gasteiger partial charge in [0.2, 0.25) is 0 Å². The van der Waals surface area contributed by atoms with Gasteiger partial charge < -0.3 is 23.7 Å².